The maximum Gasteiger partial charge on any atom is 0.230 e. The molecule has 2 aromatic rings. The molecule has 0 saturated heterocycles. The van der Waals surface area contributed by atoms with Gasteiger partial charge in [-0.2, -0.15) is 0 Å². The second-order valence-electron chi connectivity index (χ2n) is 6.54. The zero-order valence-electron chi connectivity index (χ0n) is 16.3. The molecule has 29 heavy (non-hydrogen) atoms. The minimum atomic E-state index is -0.841. The van der Waals surface area contributed by atoms with Crippen LogP contribution in [0, 0.1) is 0 Å². The van der Waals surface area contributed by atoms with Crippen molar-refractivity contribution in [1.29, 1.82) is 0 Å². The van der Waals surface area contributed by atoms with Gasteiger partial charge >= 0.3 is 0 Å². The van der Waals surface area contributed by atoms with Crippen molar-refractivity contribution < 1.29 is 24.2 Å². The zero-order chi connectivity index (χ0) is 21.2. The van der Waals surface area contributed by atoms with Gasteiger partial charge in [-0.05, 0) is 17.2 Å². The van der Waals surface area contributed by atoms with Crippen LogP contribution in [0.15, 0.2) is 47.8 Å². The molecule has 9 heteroatoms. The fourth-order valence-electron chi connectivity index (χ4n) is 2.77. The van der Waals surface area contributed by atoms with Gasteiger partial charge in [0.2, 0.25) is 6.41 Å². The van der Waals surface area contributed by atoms with Gasteiger partial charge in [-0.15, -0.1) is 0 Å². The van der Waals surface area contributed by atoms with Crippen LogP contribution in [0.1, 0.15) is 31.0 Å². The van der Waals surface area contributed by atoms with Crippen molar-refractivity contribution in [2.45, 2.75) is 37.7 Å². The summed E-state index contributed by atoms with van der Waals surface area (Å²) in [4.78, 5) is 18.5. The Hall–Kier alpha value is -2.62. The lowest BCUT2D eigenvalue weighted by atomic mass is 9.99. The van der Waals surface area contributed by atoms with Crippen LogP contribution >= 0.6 is 0 Å². The summed E-state index contributed by atoms with van der Waals surface area (Å²) in [5.41, 5.74) is 5.94. The van der Waals surface area contributed by atoms with Crippen molar-refractivity contribution >= 4 is 22.9 Å². The van der Waals surface area contributed by atoms with Gasteiger partial charge in [0.15, 0.2) is 0 Å². The van der Waals surface area contributed by atoms with Crippen LogP contribution in [0.2, 0.25) is 0 Å². The maximum absolute atomic E-state index is 11.5. The summed E-state index contributed by atoms with van der Waals surface area (Å²) in [6.45, 7) is 1.92. The number of oxime groups is 1. The highest BCUT2D eigenvalue weighted by molar-refractivity contribution is 7.84. The number of aliphatic hydroxyl groups is 1. The molecule has 1 amide bonds. The van der Waals surface area contributed by atoms with Gasteiger partial charge in [0.25, 0.3) is 0 Å². The summed E-state index contributed by atoms with van der Waals surface area (Å²) in [7, 11) is -0.841. The molecule has 0 fully saturated rings. The molecular weight excluding hydrogens is 394 g/mol. The van der Waals surface area contributed by atoms with Crippen LogP contribution in [-0.4, -0.2) is 49.2 Å². The molecular formula is C20H25N3O5S. The number of hydroxylamine groups is 1. The van der Waals surface area contributed by atoms with Crippen LogP contribution in [0.5, 0.6) is 0 Å². The Balaban J connectivity index is 0.000000687. The van der Waals surface area contributed by atoms with E-state index in [1.54, 1.807) is 12.5 Å². The summed E-state index contributed by atoms with van der Waals surface area (Å²) < 4.78 is 11.5. The molecule has 1 aromatic carbocycles. The highest BCUT2D eigenvalue weighted by Crippen LogP contribution is 2.24. The second-order valence-corrected chi connectivity index (χ2v) is 8.34. The Morgan fingerprint density at radius 3 is 2.38 bits per heavy atom. The summed E-state index contributed by atoms with van der Waals surface area (Å²) in [5, 5.41) is 20.6. The van der Waals surface area contributed by atoms with Gasteiger partial charge in [0, 0.05) is 46.9 Å². The van der Waals surface area contributed by atoms with Gasteiger partial charge in [0.05, 0.1) is 18.0 Å². The molecule has 3 unspecified atom stereocenters. The molecule has 2 heterocycles. The number of hydrogen-bond acceptors (Lipinski definition) is 7. The number of pyridine rings is 1. The molecule has 1 aliphatic rings. The standard InChI is InChI=1S/C19H22N2O3S.CH3NO2/c1-13(25(2)23)9-18-10-19(21-24-18)15-5-3-14(4-6-15)16-7-8-17(12-22)20-11-16;3-1-2-4/h3-8,11,13,18,22H,9-10,12H2,1-2H3;1,4H,(H,2,3). The third-order valence-corrected chi connectivity index (χ3v) is 5.81. The molecule has 0 spiro atoms. The normalized spacial score (nSPS) is 17.2. The van der Waals surface area contributed by atoms with Crippen molar-refractivity contribution in [3.8, 4) is 11.1 Å². The Kier molecular flexibility index (Phi) is 8.91. The number of carbonyl (C=O) groups is 1. The van der Waals surface area contributed by atoms with Crippen LogP contribution in [0.25, 0.3) is 11.1 Å². The van der Waals surface area contributed by atoms with Crippen LogP contribution < -0.4 is 5.48 Å². The zero-order valence-corrected chi connectivity index (χ0v) is 17.1. The van der Waals surface area contributed by atoms with E-state index in [0.29, 0.717) is 5.69 Å². The molecule has 3 atom stereocenters. The maximum atomic E-state index is 11.5. The van der Waals surface area contributed by atoms with E-state index >= 15 is 0 Å². The first-order valence-corrected chi connectivity index (χ1v) is 10.6. The number of benzene rings is 1. The minimum absolute atomic E-state index is 0.00352. The van der Waals surface area contributed by atoms with E-state index in [1.165, 1.54) is 5.48 Å². The van der Waals surface area contributed by atoms with E-state index in [-0.39, 0.29) is 24.4 Å². The lowest BCUT2D eigenvalue weighted by Gasteiger charge is -2.12. The van der Waals surface area contributed by atoms with Crippen molar-refractivity contribution in [1.82, 2.24) is 10.5 Å². The smallest absolute Gasteiger partial charge is 0.230 e. The molecule has 3 N–H and O–H groups in total. The predicted octanol–water partition coefficient (Wildman–Crippen LogP) is 2.01. The molecule has 1 aliphatic heterocycles. The highest BCUT2D eigenvalue weighted by atomic mass is 32.2. The van der Waals surface area contributed by atoms with Gasteiger partial charge in [0.1, 0.15) is 6.10 Å². The third kappa shape index (κ3) is 6.74. The lowest BCUT2D eigenvalue weighted by Crippen LogP contribution is -2.19. The van der Waals surface area contributed by atoms with Gasteiger partial charge in [-0.1, -0.05) is 42.4 Å². The largest absolute Gasteiger partial charge is 0.392 e. The average Bonchev–Trinajstić information content (AvgIpc) is 3.22. The predicted molar refractivity (Wildman–Crippen MR) is 111 cm³/mol. The Morgan fingerprint density at radius 1 is 1.24 bits per heavy atom. The first-order chi connectivity index (χ1) is 14.0. The molecule has 3 rings (SSSR count). The van der Waals surface area contributed by atoms with E-state index in [0.717, 1.165) is 35.2 Å². The van der Waals surface area contributed by atoms with Gasteiger partial charge < -0.3 is 9.94 Å². The van der Waals surface area contributed by atoms with Gasteiger partial charge in [-0.3, -0.25) is 19.2 Å². The summed E-state index contributed by atoms with van der Waals surface area (Å²) in [5.74, 6) is 0. The monoisotopic (exact) mass is 419 g/mol. The summed E-state index contributed by atoms with van der Waals surface area (Å²) in [6.07, 6.45) is 5.16. The quantitative estimate of drug-likeness (QED) is 0.359. The Bertz CT molecular complexity index is 840. The molecule has 0 aliphatic carbocycles. The number of amides is 1. The molecule has 156 valence electrons. The topological polar surface area (TPSA) is 121 Å². The molecule has 0 bridgehead atoms. The molecule has 8 nitrogen and oxygen atoms in total. The fourth-order valence-corrected chi connectivity index (χ4v) is 3.26. The van der Waals surface area contributed by atoms with Crippen molar-refractivity contribution in [2.75, 3.05) is 6.26 Å². The Labute approximate surface area is 172 Å². The number of aromatic nitrogens is 1. The number of nitrogens with one attached hydrogen (secondary N) is 1. The van der Waals surface area contributed by atoms with Crippen LogP contribution in [0.3, 0.4) is 0 Å². The highest BCUT2D eigenvalue weighted by Gasteiger charge is 2.25. The number of rotatable bonds is 7. The number of carbonyl (C=O) groups excluding carboxylic acids is 1. The first kappa shape index (κ1) is 22.7. The van der Waals surface area contributed by atoms with Gasteiger partial charge in [-0.25, -0.2) is 5.48 Å². The van der Waals surface area contributed by atoms with Crippen LogP contribution in [0.4, 0.5) is 0 Å². The minimum Gasteiger partial charge on any atom is -0.392 e. The fraction of sp³-hybridized carbons (Fsp3) is 0.350. The second kappa shape index (κ2) is 11.4. The first-order valence-electron chi connectivity index (χ1n) is 9.03. The molecule has 0 saturated carbocycles. The average molecular weight is 420 g/mol. The molecule has 0 radical (unpaired) electrons. The lowest BCUT2D eigenvalue weighted by molar-refractivity contribution is -0.116. The van der Waals surface area contributed by atoms with Crippen LogP contribution in [-0.2, 0) is 27.0 Å². The number of aliphatic hydroxyl groups excluding tert-OH is 1. The van der Waals surface area contributed by atoms with Crippen molar-refractivity contribution in [2.24, 2.45) is 5.16 Å². The SMILES string of the molecule is CC(CC1CC(c2ccc(-c3ccc(CO)nc3)cc2)=NO1)S(C)=O.O=CNO. The summed E-state index contributed by atoms with van der Waals surface area (Å²) in [6, 6.07) is 11.9. The Morgan fingerprint density at radius 2 is 1.86 bits per heavy atom. The van der Waals surface area contributed by atoms with E-state index in [2.05, 4.69) is 10.1 Å². The molecule has 1 aromatic heterocycles. The van der Waals surface area contributed by atoms with Crippen molar-refractivity contribution in [3.63, 3.8) is 0 Å². The van der Waals surface area contributed by atoms with E-state index in [1.807, 2.05) is 43.3 Å². The summed E-state index contributed by atoms with van der Waals surface area (Å²) >= 11 is 0. The third-order valence-electron chi connectivity index (χ3n) is 4.49. The van der Waals surface area contributed by atoms with Crippen molar-refractivity contribution in [3.05, 3.63) is 53.9 Å². The number of hydrogen-bond donors (Lipinski definition) is 3. The van der Waals surface area contributed by atoms with E-state index in [4.69, 9.17) is 19.9 Å². The number of nitrogens with zero attached hydrogens (tertiary/aromatic N) is 2. The van der Waals surface area contributed by atoms with E-state index < -0.39 is 10.8 Å². The van der Waals surface area contributed by atoms with E-state index in [9.17, 15) is 4.21 Å².